The van der Waals surface area contributed by atoms with E-state index in [1.165, 1.54) is 7.11 Å². The van der Waals surface area contributed by atoms with Crippen molar-refractivity contribution in [3.8, 4) is 0 Å². The number of hydrogen-bond donors (Lipinski definition) is 1. The molecule has 1 aromatic rings. The Morgan fingerprint density at radius 1 is 1.29 bits per heavy atom. The van der Waals surface area contributed by atoms with Gasteiger partial charge < -0.3 is 14.8 Å². The standard InChI is InChI=1S/C16H21NO4/c1-12(2)9-14(16(19)20-3)17-15(18)11-21-10-13-7-5-4-6-8-13/h4-8,14H,1,9-11H2,2-3H3,(H,17,18)/t14-/m1/s1. The van der Waals surface area contributed by atoms with Crippen LogP contribution in [0, 0.1) is 0 Å². The maximum atomic E-state index is 11.8. The average Bonchev–Trinajstić information content (AvgIpc) is 2.46. The van der Waals surface area contributed by atoms with Crippen LogP contribution >= 0.6 is 0 Å². The smallest absolute Gasteiger partial charge is 0.328 e. The fourth-order valence-corrected chi connectivity index (χ4v) is 1.76. The predicted octanol–water partition coefficient (Wildman–Crippen LogP) is 1.83. The van der Waals surface area contributed by atoms with E-state index in [4.69, 9.17) is 4.74 Å². The molecule has 1 amide bonds. The number of nitrogens with one attached hydrogen (secondary N) is 1. The number of ether oxygens (including phenoxy) is 2. The molecule has 1 rings (SSSR count). The van der Waals surface area contributed by atoms with Crippen LogP contribution in [0.4, 0.5) is 0 Å². The minimum absolute atomic E-state index is 0.113. The van der Waals surface area contributed by atoms with Crippen molar-refractivity contribution in [3.63, 3.8) is 0 Å². The van der Waals surface area contributed by atoms with Gasteiger partial charge in [0, 0.05) is 0 Å². The van der Waals surface area contributed by atoms with Gasteiger partial charge in [0.15, 0.2) is 0 Å². The van der Waals surface area contributed by atoms with Crippen LogP contribution in [-0.2, 0) is 25.7 Å². The summed E-state index contributed by atoms with van der Waals surface area (Å²) >= 11 is 0. The number of esters is 1. The second kappa shape index (κ2) is 8.92. The van der Waals surface area contributed by atoms with Crippen molar-refractivity contribution < 1.29 is 19.1 Å². The second-order valence-corrected chi connectivity index (χ2v) is 4.78. The molecular weight excluding hydrogens is 270 g/mol. The molecule has 0 unspecified atom stereocenters. The fourth-order valence-electron chi connectivity index (χ4n) is 1.76. The van der Waals surface area contributed by atoms with Crippen molar-refractivity contribution in [2.75, 3.05) is 13.7 Å². The summed E-state index contributed by atoms with van der Waals surface area (Å²) in [6, 6.07) is 8.82. The highest BCUT2D eigenvalue weighted by Crippen LogP contribution is 2.04. The summed E-state index contributed by atoms with van der Waals surface area (Å²) in [5, 5.41) is 2.59. The molecule has 1 atom stereocenters. The van der Waals surface area contributed by atoms with E-state index in [0.29, 0.717) is 13.0 Å². The van der Waals surface area contributed by atoms with Gasteiger partial charge in [0.2, 0.25) is 5.91 Å². The van der Waals surface area contributed by atoms with Crippen LogP contribution < -0.4 is 5.32 Å². The summed E-state index contributed by atoms with van der Waals surface area (Å²) in [4.78, 5) is 23.3. The molecule has 5 heteroatoms. The van der Waals surface area contributed by atoms with E-state index in [1.54, 1.807) is 6.92 Å². The zero-order chi connectivity index (χ0) is 15.7. The van der Waals surface area contributed by atoms with E-state index in [0.717, 1.165) is 11.1 Å². The van der Waals surface area contributed by atoms with Gasteiger partial charge in [0.25, 0.3) is 0 Å². The highest BCUT2D eigenvalue weighted by atomic mass is 16.5. The third-order valence-corrected chi connectivity index (χ3v) is 2.72. The summed E-state index contributed by atoms with van der Waals surface area (Å²) < 4.78 is 9.97. The molecule has 0 aliphatic carbocycles. The van der Waals surface area contributed by atoms with Crippen LogP contribution in [0.15, 0.2) is 42.5 Å². The average molecular weight is 291 g/mol. The van der Waals surface area contributed by atoms with Crippen molar-refractivity contribution in [3.05, 3.63) is 48.0 Å². The molecule has 0 saturated heterocycles. The molecule has 5 nitrogen and oxygen atoms in total. The molecule has 0 heterocycles. The topological polar surface area (TPSA) is 64.6 Å². The van der Waals surface area contributed by atoms with E-state index in [2.05, 4.69) is 16.6 Å². The Morgan fingerprint density at radius 2 is 1.95 bits per heavy atom. The summed E-state index contributed by atoms with van der Waals surface area (Å²) in [5.74, 6) is -0.850. The molecule has 0 spiro atoms. The number of hydrogen-bond acceptors (Lipinski definition) is 4. The van der Waals surface area contributed by atoms with Crippen molar-refractivity contribution >= 4 is 11.9 Å². The Kier molecular flexibility index (Phi) is 7.18. The minimum Gasteiger partial charge on any atom is -0.467 e. The Bertz CT molecular complexity index is 484. The van der Waals surface area contributed by atoms with Crippen molar-refractivity contribution in [2.24, 2.45) is 0 Å². The first-order valence-corrected chi connectivity index (χ1v) is 6.66. The van der Waals surface area contributed by atoms with Gasteiger partial charge in [-0.3, -0.25) is 4.79 Å². The van der Waals surface area contributed by atoms with Crippen LogP contribution in [0.1, 0.15) is 18.9 Å². The summed E-state index contributed by atoms with van der Waals surface area (Å²) in [5.41, 5.74) is 1.77. The Morgan fingerprint density at radius 3 is 2.52 bits per heavy atom. The molecule has 0 aliphatic heterocycles. The molecule has 0 fully saturated rings. The minimum atomic E-state index is -0.722. The molecule has 0 radical (unpaired) electrons. The fraction of sp³-hybridized carbons (Fsp3) is 0.375. The molecule has 0 aromatic heterocycles. The number of benzene rings is 1. The molecule has 21 heavy (non-hydrogen) atoms. The predicted molar refractivity (Wildman–Crippen MR) is 79.5 cm³/mol. The monoisotopic (exact) mass is 291 g/mol. The quantitative estimate of drug-likeness (QED) is 0.586. The SMILES string of the molecule is C=C(C)C[C@@H](NC(=O)COCc1ccccc1)C(=O)OC. The van der Waals surface area contributed by atoms with E-state index in [-0.39, 0.29) is 12.5 Å². The lowest BCUT2D eigenvalue weighted by Crippen LogP contribution is -2.43. The molecular formula is C16H21NO4. The number of carbonyl (C=O) groups is 2. The number of carbonyl (C=O) groups excluding carboxylic acids is 2. The third kappa shape index (κ3) is 6.72. The Labute approximate surface area is 124 Å². The maximum absolute atomic E-state index is 11.8. The van der Waals surface area contributed by atoms with Gasteiger partial charge in [-0.1, -0.05) is 35.9 Å². The molecule has 0 bridgehead atoms. The van der Waals surface area contributed by atoms with E-state index >= 15 is 0 Å². The number of methoxy groups -OCH3 is 1. The number of rotatable bonds is 8. The van der Waals surface area contributed by atoms with Crippen molar-refractivity contribution in [1.82, 2.24) is 5.32 Å². The van der Waals surface area contributed by atoms with E-state index < -0.39 is 12.0 Å². The lowest BCUT2D eigenvalue weighted by molar-refractivity contribution is -0.145. The van der Waals surface area contributed by atoms with Gasteiger partial charge in [-0.25, -0.2) is 4.79 Å². The molecule has 0 saturated carbocycles. The Balaban J connectivity index is 2.39. The van der Waals surface area contributed by atoms with Gasteiger partial charge in [0.1, 0.15) is 12.6 Å². The van der Waals surface area contributed by atoms with Crippen LogP contribution in [0.2, 0.25) is 0 Å². The van der Waals surface area contributed by atoms with E-state index in [1.807, 2.05) is 30.3 Å². The highest BCUT2D eigenvalue weighted by Gasteiger charge is 2.21. The van der Waals surface area contributed by atoms with Crippen molar-refractivity contribution in [2.45, 2.75) is 26.0 Å². The molecule has 0 aliphatic rings. The van der Waals surface area contributed by atoms with Gasteiger partial charge in [-0.15, -0.1) is 6.58 Å². The van der Waals surface area contributed by atoms with Gasteiger partial charge in [-0.05, 0) is 18.9 Å². The maximum Gasteiger partial charge on any atom is 0.328 e. The molecule has 1 N–H and O–H groups in total. The highest BCUT2D eigenvalue weighted by molar-refractivity contribution is 5.85. The summed E-state index contributed by atoms with van der Waals surface area (Å²) in [6.45, 7) is 5.75. The first-order valence-electron chi connectivity index (χ1n) is 6.66. The lowest BCUT2D eigenvalue weighted by atomic mass is 10.1. The normalized spacial score (nSPS) is 11.5. The first-order chi connectivity index (χ1) is 10.0. The van der Waals surface area contributed by atoms with Gasteiger partial charge in [-0.2, -0.15) is 0 Å². The lowest BCUT2D eigenvalue weighted by Gasteiger charge is -2.16. The van der Waals surface area contributed by atoms with Crippen LogP contribution in [0.25, 0.3) is 0 Å². The number of amides is 1. The first kappa shape index (κ1) is 16.9. The second-order valence-electron chi connectivity index (χ2n) is 4.78. The molecule has 1 aromatic carbocycles. The van der Waals surface area contributed by atoms with Gasteiger partial charge >= 0.3 is 5.97 Å². The van der Waals surface area contributed by atoms with Crippen molar-refractivity contribution in [1.29, 1.82) is 0 Å². The summed E-state index contributed by atoms with van der Waals surface area (Å²) in [7, 11) is 1.28. The largest absolute Gasteiger partial charge is 0.467 e. The zero-order valence-corrected chi connectivity index (χ0v) is 12.4. The van der Waals surface area contributed by atoms with E-state index in [9.17, 15) is 9.59 Å². The third-order valence-electron chi connectivity index (χ3n) is 2.72. The van der Waals surface area contributed by atoms with Gasteiger partial charge in [0.05, 0.1) is 13.7 Å². The molecule has 114 valence electrons. The van der Waals surface area contributed by atoms with Crippen LogP contribution in [0.3, 0.4) is 0 Å². The van der Waals surface area contributed by atoms with Crippen LogP contribution in [-0.4, -0.2) is 31.6 Å². The Hall–Kier alpha value is -2.14. The summed E-state index contributed by atoms with van der Waals surface area (Å²) in [6.07, 6.45) is 0.344. The zero-order valence-electron chi connectivity index (χ0n) is 12.4. The van der Waals surface area contributed by atoms with Crippen LogP contribution in [0.5, 0.6) is 0 Å².